The zero-order valence-corrected chi connectivity index (χ0v) is 11.7. The number of carbonyl (C=O) groups excluding carboxylic acids is 1. The highest BCUT2D eigenvalue weighted by molar-refractivity contribution is 8.14. The number of amides is 1. The van der Waals surface area contributed by atoms with Crippen LogP contribution in [0.15, 0.2) is 41.9 Å². The van der Waals surface area contributed by atoms with Crippen LogP contribution in [0.3, 0.4) is 0 Å². The highest BCUT2D eigenvalue weighted by Gasteiger charge is 2.25. The average Bonchev–Trinajstić information content (AvgIpc) is 2.97. The van der Waals surface area contributed by atoms with Crippen LogP contribution in [0.4, 0.5) is 0 Å². The van der Waals surface area contributed by atoms with Crippen molar-refractivity contribution in [2.45, 2.75) is 12.5 Å². The lowest BCUT2D eigenvalue weighted by molar-refractivity contribution is -0.129. The van der Waals surface area contributed by atoms with E-state index >= 15 is 0 Å². The van der Waals surface area contributed by atoms with Gasteiger partial charge in [0, 0.05) is 11.3 Å². The van der Waals surface area contributed by atoms with Gasteiger partial charge in [0.05, 0.1) is 11.7 Å². The first-order chi connectivity index (χ1) is 9.74. The first-order valence-electron chi connectivity index (χ1n) is 6.23. The van der Waals surface area contributed by atoms with Crippen LogP contribution in [0, 0.1) is 0 Å². The maximum Gasteiger partial charge on any atom is 0.269 e. The van der Waals surface area contributed by atoms with E-state index in [1.165, 1.54) is 11.8 Å². The maximum atomic E-state index is 11.3. The lowest BCUT2D eigenvalue weighted by atomic mass is 10.2. The second-order valence-electron chi connectivity index (χ2n) is 4.19. The first-order valence-corrected chi connectivity index (χ1v) is 7.22. The summed E-state index contributed by atoms with van der Waals surface area (Å²) in [6.07, 6.45) is 2.62. The number of benzene rings is 1. The van der Waals surface area contributed by atoms with Crippen molar-refractivity contribution in [2.75, 3.05) is 12.4 Å². The Morgan fingerprint density at radius 2 is 2.30 bits per heavy atom. The van der Waals surface area contributed by atoms with Crippen LogP contribution >= 0.6 is 11.8 Å². The molecule has 0 spiro atoms. The molecule has 0 saturated carbocycles. The Kier molecular flexibility index (Phi) is 5.20. The van der Waals surface area contributed by atoms with Gasteiger partial charge in [0.15, 0.2) is 0 Å². The van der Waals surface area contributed by atoms with Gasteiger partial charge < -0.3 is 4.74 Å². The molecule has 1 aliphatic heterocycles. The minimum absolute atomic E-state index is 0.475. The van der Waals surface area contributed by atoms with E-state index in [4.69, 9.17) is 9.94 Å². The Hall–Kier alpha value is -1.79. The van der Waals surface area contributed by atoms with Gasteiger partial charge in [-0.25, -0.2) is 5.48 Å². The van der Waals surface area contributed by atoms with Crippen molar-refractivity contribution in [3.05, 3.63) is 42.5 Å². The Bertz CT molecular complexity index is 514. The smallest absolute Gasteiger partial charge is 0.269 e. The van der Waals surface area contributed by atoms with Crippen LogP contribution in [0.5, 0.6) is 5.75 Å². The van der Waals surface area contributed by atoms with Crippen LogP contribution in [-0.4, -0.2) is 34.6 Å². The molecule has 0 unspecified atom stereocenters. The summed E-state index contributed by atoms with van der Waals surface area (Å²) in [5, 5.41) is 9.39. The van der Waals surface area contributed by atoms with E-state index in [0.29, 0.717) is 12.4 Å². The van der Waals surface area contributed by atoms with Crippen molar-refractivity contribution in [3.63, 3.8) is 0 Å². The Morgan fingerprint density at radius 3 is 2.95 bits per heavy atom. The van der Waals surface area contributed by atoms with E-state index in [1.807, 2.05) is 30.3 Å². The summed E-state index contributed by atoms with van der Waals surface area (Å²) >= 11 is 1.50. The number of hydrogen-bond donors (Lipinski definition) is 2. The number of hydrogen-bond acceptors (Lipinski definition) is 5. The molecule has 1 heterocycles. The highest BCUT2D eigenvalue weighted by atomic mass is 32.2. The fraction of sp³-hybridized carbons (Fsp3) is 0.286. The summed E-state index contributed by atoms with van der Waals surface area (Å²) in [6.45, 7) is 4.25. The van der Waals surface area contributed by atoms with E-state index in [-0.39, 0.29) is 0 Å². The molecule has 0 bridgehead atoms. The molecule has 1 atom stereocenters. The van der Waals surface area contributed by atoms with Crippen LogP contribution in [0.25, 0.3) is 0 Å². The molecule has 6 heteroatoms. The Morgan fingerprint density at radius 1 is 1.55 bits per heavy atom. The molecule has 0 fully saturated rings. The zero-order chi connectivity index (χ0) is 14.4. The lowest BCUT2D eigenvalue weighted by Gasteiger charge is -2.05. The standard InChI is InChI=1S/C14H16N2O3S/c1-2-3-8-19-11-6-4-10(5-7-11)14-15-12(9-20-14)13(17)16-18/h2,4-7,12,18H,1,3,8-9H2,(H,16,17)/t12-/m1/s1. The highest BCUT2D eigenvalue weighted by Crippen LogP contribution is 2.25. The van der Waals surface area contributed by atoms with Gasteiger partial charge >= 0.3 is 0 Å². The van der Waals surface area contributed by atoms with Crippen molar-refractivity contribution in [3.8, 4) is 5.75 Å². The predicted molar refractivity (Wildman–Crippen MR) is 79.5 cm³/mol. The van der Waals surface area contributed by atoms with E-state index in [0.717, 1.165) is 22.8 Å². The first kappa shape index (κ1) is 14.6. The molecular formula is C14H16N2O3S. The number of hydroxylamine groups is 1. The van der Waals surface area contributed by atoms with Gasteiger partial charge in [0.25, 0.3) is 5.91 Å². The molecule has 0 aromatic heterocycles. The predicted octanol–water partition coefficient (Wildman–Crippen LogP) is 2.01. The van der Waals surface area contributed by atoms with Gasteiger partial charge in [-0.1, -0.05) is 6.08 Å². The fourth-order valence-corrected chi connectivity index (χ4v) is 2.74. The van der Waals surface area contributed by atoms with Gasteiger partial charge in [-0.3, -0.25) is 15.0 Å². The van der Waals surface area contributed by atoms with Crippen molar-refractivity contribution in [1.29, 1.82) is 0 Å². The van der Waals surface area contributed by atoms with Crippen molar-refractivity contribution < 1.29 is 14.7 Å². The molecule has 20 heavy (non-hydrogen) atoms. The zero-order valence-electron chi connectivity index (χ0n) is 10.9. The third-order valence-corrected chi connectivity index (χ3v) is 3.85. The molecule has 0 aliphatic carbocycles. The molecule has 1 aromatic rings. The monoisotopic (exact) mass is 292 g/mol. The van der Waals surface area contributed by atoms with Gasteiger partial charge in [0.2, 0.25) is 0 Å². The number of rotatable bonds is 6. The van der Waals surface area contributed by atoms with E-state index in [2.05, 4.69) is 11.6 Å². The van der Waals surface area contributed by atoms with Gasteiger partial charge in [0.1, 0.15) is 11.8 Å². The van der Waals surface area contributed by atoms with Crippen molar-refractivity contribution in [1.82, 2.24) is 5.48 Å². The molecule has 2 rings (SSSR count). The number of ether oxygens (including phenoxy) is 1. The number of carbonyl (C=O) groups is 1. The molecule has 0 radical (unpaired) electrons. The number of thioether (sulfide) groups is 1. The lowest BCUT2D eigenvalue weighted by Crippen LogP contribution is -2.31. The second kappa shape index (κ2) is 7.12. The van der Waals surface area contributed by atoms with Gasteiger partial charge in [-0.05, 0) is 30.7 Å². The normalized spacial score (nSPS) is 17.4. The van der Waals surface area contributed by atoms with E-state index in [1.54, 1.807) is 5.48 Å². The molecule has 5 nitrogen and oxygen atoms in total. The number of nitrogens with zero attached hydrogens (tertiary/aromatic N) is 1. The third-order valence-electron chi connectivity index (χ3n) is 2.76. The SMILES string of the molecule is C=CCCOc1ccc(C2=N[C@@H](C(=O)NO)CS2)cc1. The fourth-order valence-electron chi connectivity index (χ4n) is 1.69. The second-order valence-corrected chi connectivity index (χ2v) is 5.20. The summed E-state index contributed by atoms with van der Waals surface area (Å²) in [7, 11) is 0. The average molecular weight is 292 g/mol. The van der Waals surface area contributed by atoms with E-state index in [9.17, 15) is 4.79 Å². The Balaban J connectivity index is 2.00. The van der Waals surface area contributed by atoms with Crippen LogP contribution in [-0.2, 0) is 4.79 Å². The molecule has 106 valence electrons. The number of nitrogens with one attached hydrogen (secondary N) is 1. The molecule has 1 aliphatic rings. The third kappa shape index (κ3) is 3.61. The quantitative estimate of drug-likeness (QED) is 0.364. The van der Waals surface area contributed by atoms with Gasteiger partial charge in [-0.15, -0.1) is 18.3 Å². The molecule has 1 aromatic carbocycles. The Labute approximate surface area is 121 Å². The van der Waals surface area contributed by atoms with Crippen LogP contribution in [0.1, 0.15) is 12.0 Å². The summed E-state index contributed by atoms with van der Waals surface area (Å²) in [5.41, 5.74) is 2.57. The van der Waals surface area contributed by atoms with Crippen molar-refractivity contribution in [2.24, 2.45) is 4.99 Å². The largest absolute Gasteiger partial charge is 0.493 e. The maximum absolute atomic E-state index is 11.3. The molecule has 1 amide bonds. The summed E-state index contributed by atoms with van der Waals surface area (Å²) in [5.74, 6) is 0.861. The van der Waals surface area contributed by atoms with Crippen molar-refractivity contribution >= 4 is 22.7 Å². The topological polar surface area (TPSA) is 70.9 Å². The summed E-state index contributed by atoms with van der Waals surface area (Å²) < 4.78 is 5.53. The summed E-state index contributed by atoms with van der Waals surface area (Å²) in [4.78, 5) is 15.6. The van der Waals surface area contributed by atoms with E-state index < -0.39 is 11.9 Å². The molecular weight excluding hydrogens is 276 g/mol. The van der Waals surface area contributed by atoms with Crippen LogP contribution in [0.2, 0.25) is 0 Å². The molecule has 0 saturated heterocycles. The minimum Gasteiger partial charge on any atom is -0.493 e. The summed E-state index contributed by atoms with van der Waals surface area (Å²) in [6, 6.07) is 7.05. The molecule has 2 N–H and O–H groups in total. The van der Waals surface area contributed by atoms with Crippen LogP contribution < -0.4 is 10.2 Å². The number of aliphatic imine (C=N–C) groups is 1. The minimum atomic E-state index is -0.525. The van der Waals surface area contributed by atoms with Gasteiger partial charge in [-0.2, -0.15) is 0 Å².